The van der Waals surface area contributed by atoms with Crippen molar-refractivity contribution in [3.63, 3.8) is 0 Å². The van der Waals surface area contributed by atoms with Gasteiger partial charge in [0.1, 0.15) is 12.1 Å². The first-order chi connectivity index (χ1) is 8.93. The van der Waals surface area contributed by atoms with Crippen molar-refractivity contribution in [3.05, 3.63) is 29.2 Å². The third kappa shape index (κ3) is 2.53. The summed E-state index contributed by atoms with van der Waals surface area (Å²) in [6.45, 7) is 3.13. The van der Waals surface area contributed by atoms with Crippen molar-refractivity contribution >= 4 is 5.82 Å². The topological polar surface area (TPSA) is 49.8 Å². The number of anilines is 1. The van der Waals surface area contributed by atoms with Gasteiger partial charge < -0.3 is 10.6 Å². The van der Waals surface area contributed by atoms with Crippen LogP contribution in [0.15, 0.2) is 18.0 Å². The summed E-state index contributed by atoms with van der Waals surface area (Å²) in [6, 6.07) is 0. The Labute approximate surface area is 108 Å². The minimum absolute atomic E-state index is 0.981. The van der Waals surface area contributed by atoms with Crippen molar-refractivity contribution in [1.82, 2.24) is 15.3 Å². The van der Waals surface area contributed by atoms with Crippen LogP contribution >= 0.6 is 0 Å². The highest BCUT2D eigenvalue weighted by molar-refractivity contribution is 5.47. The van der Waals surface area contributed by atoms with Crippen LogP contribution in [0.5, 0.6) is 0 Å². The van der Waals surface area contributed by atoms with Crippen LogP contribution in [0.3, 0.4) is 0 Å². The summed E-state index contributed by atoms with van der Waals surface area (Å²) >= 11 is 0. The second-order valence-electron chi connectivity index (χ2n) is 4.99. The standard InChI is InChI=1S/C14H20N4/c1-2-12-13(3-1)17-10-18-14(12)16-9-6-11-4-7-15-8-5-11/h4,10,15H,1-3,5-9H2,(H,16,17,18). The number of hydrogen-bond donors (Lipinski definition) is 2. The van der Waals surface area contributed by atoms with Gasteiger partial charge in [-0.15, -0.1) is 0 Å². The van der Waals surface area contributed by atoms with Crippen LogP contribution in [-0.4, -0.2) is 29.6 Å². The fraction of sp³-hybridized carbons (Fsp3) is 0.571. The van der Waals surface area contributed by atoms with Gasteiger partial charge in [0.15, 0.2) is 0 Å². The van der Waals surface area contributed by atoms with E-state index >= 15 is 0 Å². The first-order valence-corrected chi connectivity index (χ1v) is 6.89. The van der Waals surface area contributed by atoms with E-state index in [1.807, 2.05) is 0 Å². The summed E-state index contributed by atoms with van der Waals surface area (Å²) < 4.78 is 0. The van der Waals surface area contributed by atoms with Gasteiger partial charge >= 0.3 is 0 Å². The molecule has 1 aromatic rings. The molecule has 0 amide bonds. The van der Waals surface area contributed by atoms with Crippen molar-refractivity contribution in [2.45, 2.75) is 32.1 Å². The molecular formula is C14H20N4. The summed E-state index contributed by atoms with van der Waals surface area (Å²) in [4.78, 5) is 8.73. The summed E-state index contributed by atoms with van der Waals surface area (Å²) in [7, 11) is 0. The van der Waals surface area contributed by atoms with Gasteiger partial charge in [0, 0.05) is 24.3 Å². The van der Waals surface area contributed by atoms with Crippen LogP contribution in [-0.2, 0) is 12.8 Å². The Morgan fingerprint density at radius 3 is 3.11 bits per heavy atom. The maximum atomic E-state index is 4.38. The molecule has 4 heteroatoms. The van der Waals surface area contributed by atoms with Crippen molar-refractivity contribution < 1.29 is 0 Å². The zero-order chi connectivity index (χ0) is 12.2. The Balaban J connectivity index is 1.57. The number of nitrogens with zero attached hydrogens (tertiary/aromatic N) is 2. The molecule has 0 fully saturated rings. The summed E-state index contributed by atoms with van der Waals surface area (Å²) in [5, 5.41) is 6.82. The van der Waals surface area contributed by atoms with Gasteiger partial charge in [0.25, 0.3) is 0 Å². The first kappa shape index (κ1) is 11.7. The van der Waals surface area contributed by atoms with E-state index < -0.39 is 0 Å². The molecule has 0 spiro atoms. The zero-order valence-corrected chi connectivity index (χ0v) is 10.7. The number of fused-ring (bicyclic) bond motifs is 1. The molecule has 1 aromatic heterocycles. The van der Waals surface area contributed by atoms with E-state index in [9.17, 15) is 0 Å². The average molecular weight is 244 g/mol. The number of aryl methyl sites for hydroxylation is 1. The van der Waals surface area contributed by atoms with Crippen molar-refractivity contribution in [3.8, 4) is 0 Å². The van der Waals surface area contributed by atoms with E-state index in [4.69, 9.17) is 0 Å². The monoisotopic (exact) mass is 244 g/mol. The second-order valence-corrected chi connectivity index (χ2v) is 4.99. The largest absolute Gasteiger partial charge is 0.369 e. The zero-order valence-electron chi connectivity index (χ0n) is 10.7. The lowest BCUT2D eigenvalue weighted by Gasteiger charge is -2.15. The lowest BCUT2D eigenvalue weighted by atomic mass is 10.1. The van der Waals surface area contributed by atoms with Gasteiger partial charge in [0.05, 0.1) is 0 Å². The van der Waals surface area contributed by atoms with Gasteiger partial charge in [-0.05, 0) is 38.6 Å². The Morgan fingerprint density at radius 1 is 1.22 bits per heavy atom. The molecule has 0 saturated carbocycles. The summed E-state index contributed by atoms with van der Waals surface area (Å²) in [5.41, 5.74) is 4.15. The molecule has 4 nitrogen and oxygen atoms in total. The normalized spacial score (nSPS) is 18.3. The van der Waals surface area contributed by atoms with E-state index in [1.165, 1.54) is 24.1 Å². The molecule has 0 aromatic carbocycles. The lowest BCUT2D eigenvalue weighted by Crippen LogP contribution is -2.21. The molecule has 3 rings (SSSR count). The fourth-order valence-corrected chi connectivity index (χ4v) is 2.75. The molecule has 0 radical (unpaired) electrons. The third-order valence-electron chi connectivity index (χ3n) is 3.77. The quantitative estimate of drug-likeness (QED) is 0.791. The van der Waals surface area contributed by atoms with E-state index in [1.54, 1.807) is 11.9 Å². The highest BCUT2D eigenvalue weighted by atomic mass is 15.0. The van der Waals surface area contributed by atoms with Crippen LogP contribution in [0.25, 0.3) is 0 Å². The SMILES string of the molecule is C1=C(CCNc2ncnc3c2CCC3)CCNC1. The van der Waals surface area contributed by atoms with E-state index in [0.717, 1.165) is 44.7 Å². The first-order valence-electron chi connectivity index (χ1n) is 6.89. The van der Waals surface area contributed by atoms with Crippen LogP contribution < -0.4 is 10.6 Å². The van der Waals surface area contributed by atoms with E-state index in [0.29, 0.717) is 0 Å². The van der Waals surface area contributed by atoms with Crippen LogP contribution in [0, 0.1) is 0 Å². The molecule has 2 N–H and O–H groups in total. The highest BCUT2D eigenvalue weighted by Gasteiger charge is 2.16. The Bertz CT molecular complexity index is 453. The molecule has 0 atom stereocenters. The minimum Gasteiger partial charge on any atom is -0.369 e. The Hall–Kier alpha value is -1.42. The van der Waals surface area contributed by atoms with Gasteiger partial charge in [-0.1, -0.05) is 11.6 Å². The lowest BCUT2D eigenvalue weighted by molar-refractivity contribution is 0.683. The van der Waals surface area contributed by atoms with Crippen LogP contribution in [0.1, 0.15) is 30.5 Å². The maximum Gasteiger partial charge on any atom is 0.132 e. The molecule has 0 saturated heterocycles. The summed E-state index contributed by atoms with van der Waals surface area (Å²) in [5.74, 6) is 1.06. The van der Waals surface area contributed by atoms with Crippen LogP contribution in [0.2, 0.25) is 0 Å². The Morgan fingerprint density at radius 2 is 2.22 bits per heavy atom. The summed E-state index contributed by atoms with van der Waals surface area (Å²) in [6.07, 6.45) is 9.78. The minimum atomic E-state index is 0.981. The predicted molar refractivity (Wildman–Crippen MR) is 72.7 cm³/mol. The third-order valence-corrected chi connectivity index (χ3v) is 3.77. The highest BCUT2D eigenvalue weighted by Crippen LogP contribution is 2.25. The number of rotatable bonds is 4. The molecular weight excluding hydrogens is 224 g/mol. The predicted octanol–water partition coefficient (Wildman–Crippen LogP) is 1.69. The van der Waals surface area contributed by atoms with Gasteiger partial charge in [0.2, 0.25) is 0 Å². The van der Waals surface area contributed by atoms with Gasteiger partial charge in [-0.3, -0.25) is 0 Å². The molecule has 1 aliphatic heterocycles. The molecule has 0 bridgehead atoms. The van der Waals surface area contributed by atoms with Crippen molar-refractivity contribution in [1.29, 1.82) is 0 Å². The molecule has 18 heavy (non-hydrogen) atoms. The molecule has 2 heterocycles. The molecule has 96 valence electrons. The Kier molecular flexibility index (Phi) is 3.55. The van der Waals surface area contributed by atoms with Gasteiger partial charge in [-0.25, -0.2) is 9.97 Å². The molecule has 1 aliphatic carbocycles. The van der Waals surface area contributed by atoms with Crippen LogP contribution in [0.4, 0.5) is 5.82 Å². The second kappa shape index (κ2) is 5.48. The van der Waals surface area contributed by atoms with Gasteiger partial charge in [-0.2, -0.15) is 0 Å². The van der Waals surface area contributed by atoms with E-state index in [-0.39, 0.29) is 0 Å². The number of aromatic nitrogens is 2. The van der Waals surface area contributed by atoms with Crippen molar-refractivity contribution in [2.24, 2.45) is 0 Å². The number of hydrogen-bond acceptors (Lipinski definition) is 4. The molecule has 0 unspecified atom stereocenters. The fourth-order valence-electron chi connectivity index (χ4n) is 2.75. The average Bonchev–Trinajstić information content (AvgIpc) is 2.89. The smallest absolute Gasteiger partial charge is 0.132 e. The van der Waals surface area contributed by atoms with Crippen molar-refractivity contribution in [2.75, 3.05) is 25.0 Å². The number of nitrogens with one attached hydrogen (secondary N) is 2. The molecule has 2 aliphatic rings. The van der Waals surface area contributed by atoms with E-state index in [2.05, 4.69) is 26.7 Å². The maximum absolute atomic E-state index is 4.38.